The molecule has 0 aromatic rings. The Labute approximate surface area is 525 Å². The molecular weight excluding hydrogens is 1130 g/mol. The minimum absolute atomic E-state index is 0.112. The molecule has 0 bridgehead atoms. The van der Waals surface area contributed by atoms with Crippen LogP contribution in [0.4, 0.5) is 0 Å². The predicted molar refractivity (Wildman–Crippen MR) is 336 cm³/mol. The number of carbonyl (C=O) groups is 11. The molecule has 504 valence electrons. The van der Waals surface area contributed by atoms with Gasteiger partial charge in [0.1, 0.15) is 66.5 Å². The second-order valence-corrected chi connectivity index (χ2v) is 27.1. The molecule has 13 atom stereocenters. The third-order valence-electron chi connectivity index (χ3n) is 16.3. The van der Waals surface area contributed by atoms with Gasteiger partial charge in [-0.25, -0.2) is 4.89 Å². The highest BCUT2D eigenvalue weighted by Crippen LogP contribution is 2.26. The Hall–Kier alpha value is -6.21. The lowest BCUT2D eigenvalue weighted by Crippen LogP contribution is -2.64. The third-order valence-corrected chi connectivity index (χ3v) is 16.3. The smallest absolute Gasteiger partial charge is 0.246 e. The molecule has 0 radical (unpaired) electrons. The zero-order valence-corrected chi connectivity index (χ0v) is 57.7. The van der Waals surface area contributed by atoms with Gasteiger partial charge < -0.3 is 60.7 Å². The number of amides is 11. The maximum Gasteiger partial charge on any atom is 0.246 e. The second-order valence-electron chi connectivity index (χ2n) is 27.1. The molecule has 0 aliphatic carbocycles. The number of carbonyl (C=O) groups excluding carboxylic acids is 11. The Morgan fingerprint density at radius 1 is 0.420 bits per heavy atom. The number of nitrogens with one attached hydrogen (secondary N) is 4. The van der Waals surface area contributed by atoms with Gasteiger partial charge in [-0.15, -0.1) is 0 Å². The van der Waals surface area contributed by atoms with E-state index in [4.69, 9.17) is 0 Å². The maximum atomic E-state index is 15.2. The van der Waals surface area contributed by atoms with Gasteiger partial charge in [-0.3, -0.25) is 58.0 Å². The van der Waals surface area contributed by atoms with E-state index in [9.17, 15) is 53.5 Å². The fourth-order valence-electron chi connectivity index (χ4n) is 10.8. The normalized spacial score (nSPS) is 26.8. The highest BCUT2D eigenvalue weighted by Gasteiger charge is 2.46. The number of aliphatic hydroxyl groups is 1. The van der Waals surface area contributed by atoms with Crippen LogP contribution in [-0.2, 0) is 57.6 Å². The predicted octanol–water partition coefficient (Wildman–Crippen LogP) is 2.98. The summed E-state index contributed by atoms with van der Waals surface area (Å²) in [5.41, 5.74) is 0. The van der Waals surface area contributed by atoms with E-state index in [1.165, 1.54) is 107 Å². The first kappa shape index (κ1) is 79.8. The van der Waals surface area contributed by atoms with E-state index >= 15 is 9.59 Å². The molecule has 25 nitrogen and oxygen atoms in total. The van der Waals surface area contributed by atoms with Crippen molar-refractivity contribution in [2.24, 2.45) is 47.3 Å². The fourth-order valence-corrected chi connectivity index (χ4v) is 10.8. The van der Waals surface area contributed by atoms with Gasteiger partial charge >= 0.3 is 0 Å². The zero-order chi connectivity index (χ0) is 68.4. The Balaban J connectivity index is 4.41. The van der Waals surface area contributed by atoms with Gasteiger partial charge in [-0.1, -0.05) is 116 Å². The first-order valence-corrected chi connectivity index (χ1v) is 31.2. The number of likely N-dealkylation sites (N-methyl/N-ethyl adjacent to an activating group) is 7. The van der Waals surface area contributed by atoms with Gasteiger partial charge in [-0.05, 0) is 87.9 Å². The first-order chi connectivity index (χ1) is 40.5. The van der Waals surface area contributed by atoms with Crippen molar-refractivity contribution in [3.05, 3.63) is 12.2 Å². The average Bonchev–Trinajstić information content (AvgIpc) is 1.28. The van der Waals surface area contributed by atoms with Crippen LogP contribution in [0.15, 0.2) is 12.2 Å². The Bertz CT molecular complexity index is 2420. The Morgan fingerprint density at radius 2 is 0.795 bits per heavy atom. The molecule has 1 aliphatic rings. The van der Waals surface area contributed by atoms with Gasteiger partial charge in [0, 0.05) is 55.3 Å². The third kappa shape index (κ3) is 22.4. The lowest BCUT2D eigenvalue weighted by atomic mass is 9.92. The highest BCUT2D eigenvalue weighted by molar-refractivity contribution is 5.99. The molecule has 1 aliphatic heterocycles. The van der Waals surface area contributed by atoms with Crippen LogP contribution in [0, 0.1) is 47.3 Å². The zero-order valence-electron chi connectivity index (χ0n) is 57.7. The molecule has 1 heterocycles. The van der Waals surface area contributed by atoms with E-state index in [1.807, 2.05) is 55.4 Å². The van der Waals surface area contributed by atoms with E-state index in [1.54, 1.807) is 48.5 Å². The molecule has 0 spiro atoms. The number of nitrogens with zero attached hydrogens (tertiary/aromatic N) is 7. The first-order valence-electron chi connectivity index (χ1n) is 31.2. The summed E-state index contributed by atoms with van der Waals surface area (Å²) in [7, 11) is 9.74. The Morgan fingerprint density at radius 3 is 1.24 bits per heavy atom. The minimum Gasteiger partial charge on any atom is -0.390 e. The fraction of sp³-hybridized carbons (Fsp3) is 0.794. The van der Waals surface area contributed by atoms with Crippen LogP contribution in [0.2, 0.25) is 0 Å². The van der Waals surface area contributed by atoms with E-state index in [0.717, 1.165) is 9.80 Å². The number of aliphatic hydroxyl groups excluding tert-OH is 1. The van der Waals surface area contributed by atoms with Gasteiger partial charge in [0.25, 0.3) is 0 Å². The molecule has 0 saturated carbocycles. The second kappa shape index (κ2) is 35.8. The van der Waals surface area contributed by atoms with Gasteiger partial charge in [0.2, 0.25) is 65.0 Å². The van der Waals surface area contributed by atoms with E-state index < -0.39 is 168 Å². The van der Waals surface area contributed by atoms with Crippen LogP contribution in [0.3, 0.4) is 0 Å². The lowest BCUT2D eigenvalue weighted by Gasteiger charge is -2.41. The maximum absolute atomic E-state index is 15.2. The van der Waals surface area contributed by atoms with Gasteiger partial charge in [-0.2, -0.15) is 0 Å². The summed E-state index contributed by atoms with van der Waals surface area (Å²) in [5, 5.41) is 32.5. The summed E-state index contributed by atoms with van der Waals surface area (Å²) in [5.74, 6) is -11.2. The summed E-state index contributed by atoms with van der Waals surface area (Å²) in [6.45, 7) is 30.3. The van der Waals surface area contributed by atoms with Crippen LogP contribution in [-0.4, -0.2) is 238 Å². The molecule has 11 amide bonds. The number of rotatable bonds is 16. The molecule has 0 aromatic carbocycles. The summed E-state index contributed by atoms with van der Waals surface area (Å²) < 4.78 is 0. The van der Waals surface area contributed by atoms with E-state index in [0.29, 0.717) is 0 Å². The molecule has 6 N–H and O–H groups in total. The van der Waals surface area contributed by atoms with Crippen LogP contribution in [0.25, 0.3) is 0 Å². The topological polar surface area (TPSA) is 308 Å². The molecule has 0 aromatic heterocycles. The molecule has 1 rings (SSSR count). The van der Waals surface area contributed by atoms with Crippen molar-refractivity contribution in [2.45, 2.75) is 223 Å². The van der Waals surface area contributed by atoms with Crippen molar-refractivity contribution >= 4 is 65.0 Å². The minimum atomic E-state index is -1.75. The van der Waals surface area contributed by atoms with Crippen molar-refractivity contribution < 1.29 is 68.0 Å². The quantitative estimate of drug-likeness (QED) is 0.0736. The van der Waals surface area contributed by atoms with Gasteiger partial charge in [0.15, 0.2) is 0 Å². The highest BCUT2D eigenvalue weighted by atomic mass is 17.1. The van der Waals surface area contributed by atoms with Crippen LogP contribution < -0.4 is 21.3 Å². The van der Waals surface area contributed by atoms with Crippen LogP contribution in [0.5, 0.6) is 0 Å². The summed E-state index contributed by atoms with van der Waals surface area (Å²) >= 11 is 0. The Kier molecular flexibility index (Phi) is 32.5. The summed E-state index contributed by atoms with van der Waals surface area (Å²) in [6.07, 6.45) is 0.911. The molecular formula is C63H113N11O14. The van der Waals surface area contributed by atoms with Gasteiger partial charge in [0.05, 0.1) is 12.6 Å². The average molecular weight is 1250 g/mol. The van der Waals surface area contributed by atoms with Crippen LogP contribution in [0.1, 0.15) is 150 Å². The van der Waals surface area contributed by atoms with Crippen molar-refractivity contribution in [1.29, 1.82) is 0 Å². The summed E-state index contributed by atoms with van der Waals surface area (Å²) in [6, 6.07) is -12.8. The molecule has 88 heavy (non-hydrogen) atoms. The van der Waals surface area contributed by atoms with E-state index in [2.05, 4.69) is 26.2 Å². The monoisotopic (exact) mass is 1250 g/mol. The number of hydrogen-bond donors (Lipinski definition) is 6. The van der Waals surface area contributed by atoms with Crippen molar-refractivity contribution in [3.63, 3.8) is 0 Å². The molecule has 1 saturated heterocycles. The van der Waals surface area contributed by atoms with Crippen molar-refractivity contribution in [2.75, 3.05) is 55.9 Å². The van der Waals surface area contributed by atoms with E-state index in [-0.39, 0.29) is 49.4 Å². The lowest BCUT2D eigenvalue weighted by molar-refractivity contribution is -0.261. The number of hydrogen-bond acceptors (Lipinski definition) is 14. The molecule has 1 fully saturated rings. The molecule has 4 unspecified atom stereocenters. The molecule has 25 heteroatoms. The SMILES string of the molecule is CC(C)C[C@H]1C(=O)N[C@@H](C(C)C)C(=O)N(C)[C@@H](CC(C)C)C(=O)N[C@@H](C)C(=O)N[C@H](C)C(=O)N(C)[C@@H](CC(C)C)C(=O)N(C)[C@@H](CC(C)C)C(=O)N(C)[C@@H](C(C)C)C(=O)N(C)C(C(O)C(C)/C=C/C(C)OO)C(=O)N[C@@H](C(C)C)C(=O)N(C)CC(=O)N1C. The van der Waals surface area contributed by atoms with Crippen molar-refractivity contribution in [3.8, 4) is 0 Å². The summed E-state index contributed by atoms with van der Waals surface area (Å²) in [4.78, 5) is 174. The standard InChI is InChI=1S/C63H113N11O14/c1-33(2)28-44-56(79)66-50(38(11)12)62(85)70(21)45(29-34(3)4)55(78)64-42(17)54(77)65-43(18)58(81)71(22)46(30-35(5)6)59(82)72(23)47(31-36(7)8)60(83)73(24)51(39(13)14)63(86)74(25)52(53(76)40(15)26-27-41(16)88-87)57(80)67-49(37(9)10)61(84)68(19)32-48(75)69(44)20/h26-27,33-47,49-53,76,87H,28-32H2,1-25H3,(H,64,78)(H,65,77)(H,66,79)(H,67,80)/b27-26+/t40?,41?,42-,43+,44-,45-,46-,47-,49-,50-,51-,52?,53?/m0/s1. The van der Waals surface area contributed by atoms with Crippen molar-refractivity contribution in [1.82, 2.24) is 55.6 Å². The largest absolute Gasteiger partial charge is 0.390 e. The van der Waals surface area contributed by atoms with Crippen LogP contribution >= 0.6 is 0 Å².